The quantitative estimate of drug-likeness (QED) is 0.111. The van der Waals surface area contributed by atoms with Gasteiger partial charge in [-0.15, -0.1) is 0 Å². The first-order valence-corrected chi connectivity index (χ1v) is 16.2. The van der Waals surface area contributed by atoms with Crippen LogP contribution < -0.4 is 5.32 Å². The van der Waals surface area contributed by atoms with E-state index in [-0.39, 0.29) is 23.4 Å². The zero-order valence-corrected chi connectivity index (χ0v) is 25.6. The number of rotatable bonds is 22. The summed E-state index contributed by atoms with van der Waals surface area (Å²) in [4.78, 5) is 35.2. The van der Waals surface area contributed by atoms with E-state index in [0.717, 1.165) is 57.9 Å². The smallest absolute Gasteiger partial charge is 0.306 e. The number of esters is 1. The van der Waals surface area contributed by atoms with Gasteiger partial charge in [0, 0.05) is 25.3 Å². The van der Waals surface area contributed by atoms with Crippen LogP contribution in [0.15, 0.2) is 0 Å². The fourth-order valence-electron chi connectivity index (χ4n) is 5.54. The number of nitrogens with one attached hydrogen (secondary N) is 1. The van der Waals surface area contributed by atoms with Crippen molar-refractivity contribution in [2.75, 3.05) is 6.54 Å². The molecule has 5 heteroatoms. The maximum absolute atomic E-state index is 12.1. The van der Waals surface area contributed by atoms with Gasteiger partial charge in [0.15, 0.2) is 0 Å². The average molecular weight is 536 g/mol. The van der Waals surface area contributed by atoms with Gasteiger partial charge < -0.3 is 10.1 Å². The summed E-state index contributed by atoms with van der Waals surface area (Å²) in [6.07, 6.45) is 25.5. The molecule has 0 aliphatic heterocycles. The first kappa shape index (κ1) is 34.6. The molecule has 1 amide bonds. The average Bonchev–Trinajstić information content (AvgIpc) is 2.86. The predicted octanol–water partition coefficient (Wildman–Crippen LogP) is 8.86. The summed E-state index contributed by atoms with van der Waals surface area (Å²) in [5.74, 6) is 1.30. The number of carbonyl (C=O) groups excluding carboxylic acids is 3. The number of amides is 1. The van der Waals surface area contributed by atoms with Crippen molar-refractivity contribution in [1.29, 1.82) is 0 Å². The maximum Gasteiger partial charge on any atom is 0.306 e. The molecule has 1 saturated carbocycles. The maximum atomic E-state index is 12.1. The SMILES string of the molecule is CC(=O)[C@H]1CC[C@H](CNC(=O)CCCCCCCCCCCCCCCCCCC(=O)OC(C)(C)C)CC1. The molecule has 1 N–H and O–H groups in total. The van der Waals surface area contributed by atoms with Crippen molar-refractivity contribution < 1.29 is 19.1 Å². The fraction of sp³-hybridized carbons (Fsp3) is 0.909. The van der Waals surface area contributed by atoms with Gasteiger partial charge in [0.2, 0.25) is 5.91 Å². The molecular weight excluding hydrogens is 474 g/mol. The third kappa shape index (κ3) is 20.6. The second-order valence-electron chi connectivity index (χ2n) is 12.9. The highest BCUT2D eigenvalue weighted by molar-refractivity contribution is 5.78. The van der Waals surface area contributed by atoms with Gasteiger partial charge in [-0.2, -0.15) is 0 Å². The first-order chi connectivity index (χ1) is 18.2. The lowest BCUT2D eigenvalue weighted by Gasteiger charge is -2.27. The number of carbonyl (C=O) groups is 3. The first-order valence-electron chi connectivity index (χ1n) is 16.2. The van der Waals surface area contributed by atoms with E-state index in [2.05, 4.69) is 5.32 Å². The van der Waals surface area contributed by atoms with Gasteiger partial charge in [-0.1, -0.05) is 89.9 Å². The molecule has 1 aliphatic rings. The van der Waals surface area contributed by atoms with Gasteiger partial charge in [0.1, 0.15) is 11.4 Å². The molecule has 1 rings (SSSR count). The van der Waals surface area contributed by atoms with Gasteiger partial charge in [-0.25, -0.2) is 0 Å². The summed E-state index contributed by atoms with van der Waals surface area (Å²) in [5, 5.41) is 3.12. The number of unbranched alkanes of at least 4 members (excludes halogenated alkanes) is 15. The molecule has 0 atom stereocenters. The van der Waals surface area contributed by atoms with Crippen LogP contribution in [0.1, 0.15) is 169 Å². The summed E-state index contributed by atoms with van der Waals surface area (Å²) >= 11 is 0. The molecule has 5 nitrogen and oxygen atoms in total. The highest BCUT2D eigenvalue weighted by atomic mass is 16.6. The van der Waals surface area contributed by atoms with E-state index in [1.807, 2.05) is 20.8 Å². The Balaban J connectivity index is 1.76. The lowest BCUT2D eigenvalue weighted by atomic mass is 9.80. The van der Waals surface area contributed by atoms with Crippen LogP contribution >= 0.6 is 0 Å². The van der Waals surface area contributed by atoms with Crippen molar-refractivity contribution in [2.24, 2.45) is 11.8 Å². The molecule has 1 aliphatic carbocycles. The molecule has 0 unspecified atom stereocenters. The van der Waals surface area contributed by atoms with Crippen molar-refractivity contribution in [2.45, 2.75) is 175 Å². The van der Waals surface area contributed by atoms with Crippen LogP contribution in [0.4, 0.5) is 0 Å². The number of Topliss-reactive ketones (excluding diaryl/α,β-unsaturated/α-hetero) is 1. The standard InChI is InChI=1S/C33H61NO4/c1-28(35)30-25-23-29(24-26-30)27-34-31(36)21-19-17-15-13-11-9-7-5-6-8-10-12-14-16-18-20-22-32(37)38-33(2,3)4/h29-30H,5-27H2,1-4H3,(H,34,36)/t29-,30-. The highest BCUT2D eigenvalue weighted by Gasteiger charge is 2.24. The van der Waals surface area contributed by atoms with E-state index < -0.39 is 0 Å². The van der Waals surface area contributed by atoms with Crippen molar-refractivity contribution >= 4 is 17.7 Å². The van der Waals surface area contributed by atoms with Gasteiger partial charge >= 0.3 is 5.97 Å². The lowest BCUT2D eigenvalue weighted by Crippen LogP contribution is -2.32. The van der Waals surface area contributed by atoms with Gasteiger partial charge in [-0.3, -0.25) is 14.4 Å². The van der Waals surface area contributed by atoms with Crippen molar-refractivity contribution in [3.05, 3.63) is 0 Å². The van der Waals surface area contributed by atoms with Crippen LogP contribution in [-0.4, -0.2) is 29.8 Å². The van der Waals surface area contributed by atoms with E-state index >= 15 is 0 Å². The van der Waals surface area contributed by atoms with Crippen LogP contribution in [0.2, 0.25) is 0 Å². The molecule has 0 bridgehead atoms. The van der Waals surface area contributed by atoms with Crippen molar-refractivity contribution in [1.82, 2.24) is 5.32 Å². The van der Waals surface area contributed by atoms with E-state index in [1.165, 1.54) is 77.0 Å². The van der Waals surface area contributed by atoms with Crippen LogP contribution in [0.3, 0.4) is 0 Å². The second-order valence-corrected chi connectivity index (χ2v) is 12.9. The van der Waals surface area contributed by atoms with E-state index in [4.69, 9.17) is 4.74 Å². The number of ketones is 1. The molecule has 0 aromatic heterocycles. The van der Waals surface area contributed by atoms with Gasteiger partial charge in [0.05, 0.1) is 0 Å². The molecule has 38 heavy (non-hydrogen) atoms. The number of hydrogen-bond donors (Lipinski definition) is 1. The fourth-order valence-corrected chi connectivity index (χ4v) is 5.54. The number of hydrogen-bond acceptors (Lipinski definition) is 4. The minimum atomic E-state index is -0.364. The molecule has 0 radical (unpaired) electrons. The Morgan fingerprint density at radius 1 is 0.632 bits per heavy atom. The van der Waals surface area contributed by atoms with E-state index in [1.54, 1.807) is 6.92 Å². The van der Waals surface area contributed by atoms with Crippen LogP contribution in [0.25, 0.3) is 0 Å². The monoisotopic (exact) mass is 535 g/mol. The summed E-state index contributed by atoms with van der Waals surface area (Å²) in [6.45, 7) is 8.26. The van der Waals surface area contributed by atoms with E-state index in [0.29, 0.717) is 24.5 Å². The Morgan fingerprint density at radius 3 is 1.42 bits per heavy atom. The topological polar surface area (TPSA) is 72.5 Å². The minimum absolute atomic E-state index is 0.0609. The summed E-state index contributed by atoms with van der Waals surface area (Å²) in [7, 11) is 0. The molecule has 222 valence electrons. The van der Waals surface area contributed by atoms with E-state index in [9.17, 15) is 14.4 Å². The molecule has 0 saturated heterocycles. The van der Waals surface area contributed by atoms with Crippen molar-refractivity contribution in [3.63, 3.8) is 0 Å². The van der Waals surface area contributed by atoms with Gasteiger partial charge in [-0.05, 0) is 72.1 Å². The second kappa shape index (κ2) is 21.4. The summed E-state index contributed by atoms with van der Waals surface area (Å²) in [5.41, 5.74) is -0.364. The number of ether oxygens (including phenoxy) is 1. The third-order valence-electron chi connectivity index (χ3n) is 7.96. The predicted molar refractivity (Wildman–Crippen MR) is 158 cm³/mol. The molecule has 0 aromatic rings. The normalized spacial score (nSPS) is 17.8. The Hall–Kier alpha value is -1.39. The Kier molecular flexibility index (Phi) is 19.5. The van der Waals surface area contributed by atoms with Crippen molar-refractivity contribution in [3.8, 4) is 0 Å². The zero-order valence-electron chi connectivity index (χ0n) is 25.6. The van der Waals surface area contributed by atoms with Crippen LogP contribution in [0.5, 0.6) is 0 Å². The molecule has 0 heterocycles. The zero-order chi connectivity index (χ0) is 28.1. The Bertz CT molecular complexity index is 631. The summed E-state index contributed by atoms with van der Waals surface area (Å²) in [6, 6.07) is 0. The van der Waals surface area contributed by atoms with Crippen LogP contribution in [-0.2, 0) is 19.1 Å². The minimum Gasteiger partial charge on any atom is -0.460 e. The largest absolute Gasteiger partial charge is 0.460 e. The highest BCUT2D eigenvalue weighted by Crippen LogP contribution is 2.28. The van der Waals surface area contributed by atoms with Crippen LogP contribution in [0, 0.1) is 11.8 Å². The molecular formula is C33H61NO4. The molecule has 1 fully saturated rings. The Morgan fingerprint density at radius 2 is 1.03 bits per heavy atom. The molecule has 0 spiro atoms. The van der Waals surface area contributed by atoms with Gasteiger partial charge in [0.25, 0.3) is 0 Å². The third-order valence-corrected chi connectivity index (χ3v) is 7.96. The lowest BCUT2D eigenvalue weighted by molar-refractivity contribution is -0.155. The molecule has 0 aromatic carbocycles. The Labute approximate surface area is 235 Å². The summed E-state index contributed by atoms with van der Waals surface area (Å²) < 4.78 is 5.35.